The largest absolute Gasteiger partial charge is 0.381 e. The van der Waals surface area contributed by atoms with Crippen molar-refractivity contribution in [2.24, 2.45) is 0 Å². The van der Waals surface area contributed by atoms with Gasteiger partial charge in [0.15, 0.2) is 5.82 Å². The molecule has 3 rings (SSSR count). The van der Waals surface area contributed by atoms with Crippen molar-refractivity contribution >= 4 is 11.6 Å². The van der Waals surface area contributed by atoms with Crippen molar-refractivity contribution in [2.45, 2.75) is 33.9 Å². The third kappa shape index (κ3) is 4.94. The predicted octanol–water partition coefficient (Wildman–Crippen LogP) is 3.96. The molecule has 0 aliphatic heterocycles. The highest BCUT2D eigenvalue weighted by molar-refractivity contribution is 5.94. The average Bonchev–Trinajstić information content (AvgIpc) is 3.10. The second-order valence-electron chi connectivity index (χ2n) is 6.47. The van der Waals surface area contributed by atoms with E-state index in [1.165, 1.54) is 5.56 Å². The maximum absolute atomic E-state index is 12.7. The van der Waals surface area contributed by atoms with Gasteiger partial charge in [-0.05, 0) is 50.6 Å². The molecule has 1 heterocycles. The smallest absolute Gasteiger partial charge is 0.254 e. The molecule has 6 nitrogen and oxygen atoms in total. The zero-order chi connectivity index (χ0) is 19.2. The SMILES string of the molecule is CCN(Cc1nc(C)no1)C(=O)c1ccc(CNc2ccc(C)cc2)cc1. The summed E-state index contributed by atoms with van der Waals surface area (Å²) in [6, 6.07) is 15.9. The summed E-state index contributed by atoms with van der Waals surface area (Å²) in [6.07, 6.45) is 0. The third-order valence-corrected chi connectivity index (χ3v) is 4.31. The lowest BCUT2D eigenvalue weighted by Gasteiger charge is -2.19. The number of amides is 1. The molecular weight excluding hydrogens is 340 g/mol. The molecule has 0 saturated carbocycles. The van der Waals surface area contributed by atoms with Crippen LogP contribution in [-0.2, 0) is 13.1 Å². The summed E-state index contributed by atoms with van der Waals surface area (Å²) in [4.78, 5) is 18.6. The Morgan fingerprint density at radius 2 is 1.78 bits per heavy atom. The average molecular weight is 364 g/mol. The van der Waals surface area contributed by atoms with Crippen LogP contribution in [0.5, 0.6) is 0 Å². The van der Waals surface area contributed by atoms with E-state index in [9.17, 15) is 4.79 Å². The first-order valence-electron chi connectivity index (χ1n) is 9.03. The first-order chi connectivity index (χ1) is 13.0. The quantitative estimate of drug-likeness (QED) is 0.687. The van der Waals surface area contributed by atoms with E-state index in [2.05, 4.69) is 46.6 Å². The van der Waals surface area contributed by atoms with Crippen molar-refractivity contribution in [1.29, 1.82) is 0 Å². The van der Waals surface area contributed by atoms with Gasteiger partial charge in [0.25, 0.3) is 5.91 Å². The standard InChI is InChI=1S/C21H24N4O2/c1-4-25(14-20-23-16(3)24-27-20)21(26)18-9-7-17(8-10-18)13-22-19-11-5-15(2)6-12-19/h5-12,22H,4,13-14H2,1-3H3. The second kappa shape index (κ2) is 8.49. The van der Waals surface area contributed by atoms with Gasteiger partial charge in [-0.2, -0.15) is 4.98 Å². The van der Waals surface area contributed by atoms with Gasteiger partial charge in [0, 0.05) is 24.3 Å². The summed E-state index contributed by atoms with van der Waals surface area (Å²) in [5.41, 5.74) is 4.07. The minimum Gasteiger partial charge on any atom is -0.381 e. The first kappa shape index (κ1) is 18.6. The number of anilines is 1. The minimum atomic E-state index is -0.0496. The Morgan fingerprint density at radius 3 is 2.37 bits per heavy atom. The molecule has 6 heteroatoms. The second-order valence-corrected chi connectivity index (χ2v) is 6.47. The highest BCUT2D eigenvalue weighted by atomic mass is 16.5. The Hall–Kier alpha value is -3.15. The fourth-order valence-electron chi connectivity index (χ4n) is 2.72. The molecule has 0 bridgehead atoms. The number of aryl methyl sites for hydroxylation is 2. The number of nitrogens with zero attached hydrogens (tertiary/aromatic N) is 3. The maximum Gasteiger partial charge on any atom is 0.254 e. The van der Waals surface area contributed by atoms with Crippen molar-refractivity contribution in [3.63, 3.8) is 0 Å². The summed E-state index contributed by atoms with van der Waals surface area (Å²) < 4.78 is 5.12. The number of benzene rings is 2. The molecule has 1 N–H and O–H groups in total. The summed E-state index contributed by atoms with van der Waals surface area (Å²) in [5.74, 6) is 0.965. The van der Waals surface area contributed by atoms with Crippen LogP contribution in [0, 0.1) is 13.8 Å². The van der Waals surface area contributed by atoms with Gasteiger partial charge in [-0.15, -0.1) is 0 Å². The van der Waals surface area contributed by atoms with E-state index in [4.69, 9.17) is 4.52 Å². The van der Waals surface area contributed by atoms with E-state index in [1.807, 2.05) is 31.2 Å². The van der Waals surface area contributed by atoms with Gasteiger partial charge < -0.3 is 14.7 Å². The molecule has 1 amide bonds. The van der Waals surface area contributed by atoms with Gasteiger partial charge in [0.05, 0.1) is 0 Å². The van der Waals surface area contributed by atoms with Gasteiger partial charge in [0.2, 0.25) is 5.89 Å². The van der Waals surface area contributed by atoms with Crippen LogP contribution in [0.2, 0.25) is 0 Å². The summed E-state index contributed by atoms with van der Waals surface area (Å²) in [5, 5.41) is 7.15. The Balaban J connectivity index is 1.61. The van der Waals surface area contributed by atoms with Crippen molar-refractivity contribution in [3.05, 3.63) is 76.9 Å². The van der Waals surface area contributed by atoms with Gasteiger partial charge in [0.1, 0.15) is 6.54 Å². The topological polar surface area (TPSA) is 71.3 Å². The number of aromatic nitrogens is 2. The van der Waals surface area contributed by atoms with Crippen molar-refractivity contribution in [2.75, 3.05) is 11.9 Å². The van der Waals surface area contributed by atoms with Crippen LogP contribution in [0.3, 0.4) is 0 Å². The normalized spacial score (nSPS) is 10.6. The fourth-order valence-corrected chi connectivity index (χ4v) is 2.72. The van der Waals surface area contributed by atoms with Gasteiger partial charge in [-0.25, -0.2) is 0 Å². The molecule has 0 unspecified atom stereocenters. The molecule has 0 atom stereocenters. The molecule has 0 spiro atoms. The van der Waals surface area contributed by atoms with E-state index in [1.54, 1.807) is 11.8 Å². The number of carbonyl (C=O) groups excluding carboxylic acids is 1. The third-order valence-electron chi connectivity index (χ3n) is 4.31. The van der Waals surface area contributed by atoms with Gasteiger partial charge in [-0.3, -0.25) is 4.79 Å². The van der Waals surface area contributed by atoms with Crippen LogP contribution >= 0.6 is 0 Å². The molecule has 0 fully saturated rings. The monoisotopic (exact) mass is 364 g/mol. The van der Waals surface area contributed by atoms with Gasteiger partial charge in [-0.1, -0.05) is 35.0 Å². The number of nitrogens with one attached hydrogen (secondary N) is 1. The van der Waals surface area contributed by atoms with Crippen LogP contribution in [0.4, 0.5) is 5.69 Å². The molecule has 0 radical (unpaired) electrons. The van der Waals surface area contributed by atoms with E-state index in [0.717, 1.165) is 11.3 Å². The minimum absolute atomic E-state index is 0.0496. The Labute approximate surface area is 159 Å². The highest BCUT2D eigenvalue weighted by Gasteiger charge is 2.17. The number of carbonyl (C=O) groups is 1. The maximum atomic E-state index is 12.7. The van der Waals surface area contributed by atoms with E-state index in [-0.39, 0.29) is 5.91 Å². The van der Waals surface area contributed by atoms with Crippen molar-refractivity contribution in [1.82, 2.24) is 15.0 Å². The molecule has 3 aromatic rings. The fraction of sp³-hybridized carbons (Fsp3) is 0.286. The lowest BCUT2D eigenvalue weighted by Crippen LogP contribution is -2.30. The molecule has 1 aromatic heterocycles. The van der Waals surface area contributed by atoms with Crippen LogP contribution in [0.15, 0.2) is 53.1 Å². The molecule has 2 aromatic carbocycles. The summed E-state index contributed by atoms with van der Waals surface area (Å²) in [6.45, 7) is 7.34. The lowest BCUT2D eigenvalue weighted by atomic mass is 10.1. The predicted molar refractivity (Wildman–Crippen MR) is 104 cm³/mol. The van der Waals surface area contributed by atoms with E-state index >= 15 is 0 Å². The van der Waals surface area contributed by atoms with Crippen LogP contribution in [0.25, 0.3) is 0 Å². The zero-order valence-electron chi connectivity index (χ0n) is 15.9. The van der Waals surface area contributed by atoms with Gasteiger partial charge >= 0.3 is 0 Å². The summed E-state index contributed by atoms with van der Waals surface area (Å²) in [7, 11) is 0. The Bertz CT molecular complexity index is 885. The lowest BCUT2D eigenvalue weighted by molar-refractivity contribution is 0.0734. The molecular formula is C21H24N4O2. The molecule has 0 saturated heterocycles. The highest BCUT2D eigenvalue weighted by Crippen LogP contribution is 2.13. The molecule has 0 aliphatic carbocycles. The first-order valence-corrected chi connectivity index (χ1v) is 9.03. The Morgan fingerprint density at radius 1 is 1.07 bits per heavy atom. The number of rotatable bonds is 7. The number of hydrogen-bond acceptors (Lipinski definition) is 5. The van der Waals surface area contributed by atoms with Crippen LogP contribution < -0.4 is 5.32 Å². The molecule has 0 aliphatic rings. The van der Waals surface area contributed by atoms with Crippen molar-refractivity contribution in [3.8, 4) is 0 Å². The van der Waals surface area contributed by atoms with Crippen LogP contribution in [-0.4, -0.2) is 27.5 Å². The summed E-state index contributed by atoms with van der Waals surface area (Å²) >= 11 is 0. The molecule has 140 valence electrons. The number of hydrogen-bond donors (Lipinski definition) is 1. The Kier molecular flexibility index (Phi) is 5.86. The van der Waals surface area contributed by atoms with Crippen molar-refractivity contribution < 1.29 is 9.32 Å². The molecule has 27 heavy (non-hydrogen) atoms. The zero-order valence-corrected chi connectivity index (χ0v) is 15.9. The van der Waals surface area contributed by atoms with Crippen LogP contribution in [0.1, 0.15) is 40.1 Å². The van der Waals surface area contributed by atoms with E-state index < -0.39 is 0 Å². The van der Waals surface area contributed by atoms with E-state index in [0.29, 0.717) is 36.9 Å².